The molecule has 0 amide bonds. The van der Waals surface area contributed by atoms with Gasteiger partial charge in [0, 0.05) is 0 Å². The van der Waals surface area contributed by atoms with Crippen LogP contribution in [0.5, 0.6) is 0 Å². The highest BCUT2D eigenvalue weighted by Gasteiger charge is 2.54. The number of hydrogen-bond acceptors (Lipinski definition) is 0. The largest absolute Gasteiger partial charge is 0.244 e. The Bertz CT molecular complexity index is 109. The topological polar surface area (TPSA) is 0 Å². The lowest BCUT2D eigenvalue weighted by Gasteiger charge is -2.05. The number of hydrogen-bond donors (Lipinski definition) is 0. The molecule has 0 aromatic rings. The van der Waals surface area contributed by atoms with E-state index in [1.165, 1.54) is 0 Å². The second kappa shape index (κ2) is 1.96. The quantitative estimate of drug-likeness (QED) is 0.539. The summed E-state index contributed by atoms with van der Waals surface area (Å²) in [7, 11) is 0. The average Bonchev–Trinajstić information content (AvgIpc) is 2.44. The molecule has 1 rings (SSSR count). The molecule has 1 aliphatic rings. The van der Waals surface area contributed by atoms with Gasteiger partial charge >= 0.3 is 0 Å². The van der Waals surface area contributed by atoms with Gasteiger partial charge in [-0.2, -0.15) is 0 Å². The molecule has 54 valence electrons. The van der Waals surface area contributed by atoms with Gasteiger partial charge in [-0.3, -0.25) is 0 Å². The van der Waals surface area contributed by atoms with Gasteiger partial charge in [-0.1, -0.05) is 20.8 Å². The molecule has 2 atom stereocenters. The van der Waals surface area contributed by atoms with Crippen LogP contribution in [0.25, 0.3) is 0 Å². The van der Waals surface area contributed by atoms with Crippen LogP contribution in [0.3, 0.4) is 0 Å². The van der Waals surface area contributed by atoms with Gasteiger partial charge in [-0.15, -0.1) is 0 Å². The Morgan fingerprint density at radius 1 is 1.67 bits per heavy atom. The van der Waals surface area contributed by atoms with Crippen molar-refractivity contribution in [3.8, 4) is 0 Å². The lowest BCUT2D eigenvalue weighted by Crippen LogP contribution is -2.05. The van der Waals surface area contributed by atoms with Crippen molar-refractivity contribution in [2.24, 2.45) is 11.8 Å². The Kier molecular flexibility index (Phi) is 1.54. The molecular formula is C8H15F. The Morgan fingerprint density at radius 2 is 2.22 bits per heavy atom. The summed E-state index contributed by atoms with van der Waals surface area (Å²) in [4.78, 5) is 0. The lowest BCUT2D eigenvalue weighted by atomic mass is 10.1. The first kappa shape index (κ1) is 7.04. The average molecular weight is 130 g/mol. The van der Waals surface area contributed by atoms with Crippen molar-refractivity contribution in [2.45, 2.75) is 39.3 Å². The summed E-state index contributed by atoms with van der Waals surface area (Å²) in [6.07, 6.45) is 1.51. The predicted octanol–water partition coefficient (Wildman–Crippen LogP) is 2.78. The molecule has 1 fully saturated rings. The third kappa shape index (κ3) is 1.10. The maximum absolute atomic E-state index is 13.1. The van der Waals surface area contributed by atoms with Gasteiger partial charge in [-0.25, -0.2) is 4.39 Å². The fourth-order valence-electron chi connectivity index (χ4n) is 1.55. The molecule has 1 heteroatoms. The molecule has 0 aromatic carbocycles. The summed E-state index contributed by atoms with van der Waals surface area (Å²) in [6, 6.07) is 0. The molecule has 0 radical (unpaired) electrons. The van der Waals surface area contributed by atoms with Crippen LogP contribution in [0.15, 0.2) is 0 Å². The third-order valence-corrected chi connectivity index (χ3v) is 2.46. The molecule has 9 heavy (non-hydrogen) atoms. The van der Waals surface area contributed by atoms with Crippen LogP contribution in [0.2, 0.25) is 0 Å². The Morgan fingerprint density at radius 3 is 2.33 bits per heavy atom. The van der Waals surface area contributed by atoms with Crippen molar-refractivity contribution >= 4 is 0 Å². The van der Waals surface area contributed by atoms with Crippen LogP contribution in [-0.2, 0) is 0 Å². The smallest absolute Gasteiger partial charge is 0.114 e. The van der Waals surface area contributed by atoms with Crippen LogP contribution >= 0.6 is 0 Å². The summed E-state index contributed by atoms with van der Waals surface area (Å²) in [5.74, 6) is 0.900. The van der Waals surface area contributed by atoms with E-state index < -0.39 is 5.67 Å². The van der Waals surface area contributed by atoms with Crippen molar-refractivity contribution in [1.82, 2.24) is 0 Å². The molecule has 1 saturated carbocycles. The standard InChI is InChI=1S/C8H15F/c1-4-8(9)5-7(8)6(2)3/h6-7H,4-5H2,1-3H3/t7-,8?/m0/s1. The summed E-state index contributed by atoms with van der Waals surface area (Å²) in [5.41, 5.74) is -0.770. The van der Waals surface area contributed by atoms with Crippen molar-refractivity contribution in [3.63, 3.8) is 0 Å². The zero-order valence-electron chi connectivity index (χ0n) is 6.45. The maximum Gasteiger partial charge on any atom is 0.114 e. The minimum absolute atomic E-state index is 0.363. The van der Waals surface area contributed by atoms with Gasteiger partial charge in [0.2, 0.25) is 0 Å². The minimum atomic E-state index is -0.770. The molecular weight excluding hydrogens is 115 g/mol. The first-order valence-corrected chi connectivity index (χ1v) is 3.79. The van der Waals surface area contributed by atoms with E-state index >= 15 is 0 Å². The van der Waals surface area contributed by atoms with Crippen molar-refractivity contribution in [2.75, 3.05) is 0 Å². The van der Waals surface area contributed by atoms with E-state index in [-0.39, 0.29) is 0 Å². The second-order valence-corrected chi connectivity index (χ2v) is 3.44. The van der Waals surface area contributed by atoms with Crippen molar-refractivity contribution in [1.29, 1.82) is 0 Å². The SMILES string of the molecule is CCC1(F)C[C@H]1C(C)C. The molecule has 0 spiro atoms. The molecule has 0 saturated heterocycles. The molecule has 0 aromatic heterocycles. The van der Waals surface area contributed by atoms with E-state index in [0.29, 0.717) is 18.3 Å². The summed E-state index contributed by atoms with van der Waals surface area (Å²) in [5, 5.41) is 0. The summed E-state index contributed by atoms with van der Waals surface area (Å²) >= 11 is 0. The predicted molar refractivity (Wildman–Crippen MR) is 37.1 cm³/mol. The van der Waals surface area contributed by atoms with E-state index in [1.807, 2.05) is 6.92 Å². The Balaban J connectivity index is 2.38. The molecule has 1 unspecified atom stereocenters. The van der Waals surface area contributed by atoms with E-state index in [9.17, 15) is 4.39 Å². The van der Waals surface area contributed by atoms with Crippen LogP contribution in [0, 0.1) is 11.8 Å². The van der Waals surface area contributed by atoms with Gasteiger partial charge in [0.15, 0.2) is 0 Å². The Hall–Kier alpha value is -0.0700. The van der Waals surface area contributed by atoms with Crippen molar-refractivity contribution in [3.05, 3.63) is 0 Å². The second-order valence-electron chi connectivity index (χ2n) is 3.44. The fourth-order valence-corrected chi connectivity index (χ4v) is 1.55. The maximum atomic E-state index is 13.1. The number of rotatable bonds is 2. The fraction of sp³-hybridized carbons (Fsp3) is 1.00. The van der Waals surface area contributed by atoms with Crippen LogP contribution in [-0.4, -0.2) is 5.67 Å². The highest BCUT2D eigenvalue weighted by atomic mass is 19.1. The highest BCUT2D eigenvalue weighted by Crippen LogP contribution is 2.53. The normalized spacial score (nSPS) is 41.7. The summed E-state index contributed by atoms with van der Waals surface area (Å²) < 4.78 is 13.1. The molecule has 0 nitrogen and oxygen atoms in total. The van der Waals surface area contributed by atoms with Gasteiger partial charge in [-0.05, 0) is 24.7 Å². The van der Waals surface area contributed by atoms with Gasteiger partial charge in [0.05, 0.1) is 0 Å². The van der Waals surface area contributed by atoms with Crippen LogP contribution in [0.4, 0.5) is 4.39 Å². The number of halogens is 1. The van der Waals surface area contributed by atoms with E-state index in [4.69, 9.17) is 0 Å². The molecule has 0 N–H and O–H groups in total. The molecule has 1 aliphatic carbocycles. The van der Waals surface area contributed by atoms with E-state index in [2.05, 4.69) is 13.8 Å². The zero-order valence-corrected chi connectivity index (χ0v) is 6.45. The van der Waals surface area contributed by atoms with Gasteiger partial charge in [0.1, 0.15) is 5.67 Å². The van der Waals surface area contributed by atoms with E-state index in [1.54, 1.807) is 0 Å². The molecule has 0 aliphatic heterocycles. The van der Waals surface area contributed by atoms with Gasteiger partial charge in [0.25, 0.3) is 0 Å². The third-order valence-electron chi connectivity index (χ3n) is 2.46. The first-order chi connectivity index (χ1) is 4.10. The lowest BCUT2D eigenvalue weighted by molar-refractivity contribution is 0.251. The van der Waals surface area contributed by atoms with E-state index in [0.717, 1.165) is 6.42 Å². The summed E-state index contributed by atoms with van der Waals surface area (Å²) in [6.45, 7) is 6.13. The highest BCUT2D eigenvalue weighted by molar-refractivity contribution is 5.03. The minimum Gasteiger partial charge on any atom is -0.244 e. The molecule has 0 bridgehead atoms. The number of alkyl halides is 1. The monoisotopic (exact) mass is 130 g/mol. The van der Waals surface area contributed by atoms with Gasteiger partial charge < -0.3 is 0 Å². The first-order valence-electron chi connectivity index (χ1n) is 3.79. The van der Waals surface area contributed by atoms with Crippen molar-refractivity contribution < 1.29 is 4.39 Å². The van der Waals surface area contributed by atoms with Crippen LogP contribution in [0.1, 0.15) is 33.6 Å². The molecule has 0 heterocycles. The Labute approximate surface area is 56.5 Å². The van der Waals surface area contributed by atoms with Crippen LogP contribution < -0.4 is 0 Å². The zero-order chi connectivity index (χ0) is 7.07.